The minimum Gasteiger partial charge on any atom is -0.364 e. The Morgan fingerprint density at radius 2 is 2.32 bits per heavy atom. The molecule has 0 aliphatic heterocycles. The van der Waals surface area contributed by atoms with Crippen LogP contribution in [-0.2, 0) is 20.1 Å². The number of aromatic nitrogens is 2. The smallest absolute Gasteiger partial charge is 0.194 e. The van der Waals surface area contributed by atoms with Gasteiger partial charge in [-0.1, -0.05) is 16.8 Å². The van der Waals surface area contributed by atoms with E-state index in [4.69, 9.17) is 16.1 Å². The van der Waals surface area contributed by atoms with E-state index in [1.165, 1.54) is 0 Å². The first-order valence-electron chi connectivity index (χ1n) is 6.79. The van der Waals surface area contributed by atoms with Gasteiger partial charge < -0.3 is 19.3 Å². The Labute approximate surface area is 152 Å². The monoisotopic (exact) mass is 437 g/mol. The number of guanidine groups is 1. The highest BCUT2D eigenvalue weighted by Crippen LogP contribution is 2.14. The van der Waals surface area contributed by atoms with Gasteiger partial charge in [0.2, 0.25) is 0 Å². The molecule has 6 nitrogen and oxygen atoms in total. The van der Waals surface area contributed by atoms with Crippen LogP contribution in [0.3, 0.4) is 0 Å². The van der Waals surface area contributed by atoms with Crippen LogP contribution in [0.25, 0.3) is 0 Å². The Balaban J connectivity index is 0.00000242. The Morgan fingerprint density at radius 1 is 1.55 bits per heavy atom. The number of aryl methyl sites for hydroxylation is 1. The average Bonchev–Trinajstić information content (AvgIpc) is 3.05. The summed E-state index contributed by atoms with van der Waals surface area (Å²) in [7, 11) is 3.97. The van der Waals surface area contributed by atoms with Crippen LogP contribution in [0.15, 0.2) is 34.1 Å². The van der Waals surface area contributed by atoms with Crippen LogP contribution in [0.1, 0.15) is 18.3 Å². The van der Waals surface area contributed by atoms with E-state index in [1.807, 2.05) is 43.9 Å². The molecule has 0 saturated heterocycles. The molecule has 8 heteroatoms. The highest BCUT2D eigenvalue weighted by atomic mass is 127. The van der Waals surface area contributed by atoms with Crippen molar-refractivity contribution < 1.29 is 4.52 Å². The Bertz CT molecular complexity index is 596. The van der Waals surface area contributed by atoms with Crippen molar-refractivity contribution in [3.05, 3.63) is 41.0 Å². The molecule has 0 aromatic carbocycles. The summed E-state index contributed by atoms with van der Waals surface area (Å²) in [6.07, 6.45) is 3.44. The Kier molecular flexibility index (Phi) is 7.74. The van der Waals surface area contributed by atoms with Crippen LogP contribution >= 0.6 is 35.6 Å². The van der Waals surface area contributed by atoms with Crippen molar-refractivity contribution in [3.8, 4) is 0 Å². The molecule has 0 aliphatic carbocycles. The number of hydrogen-bond donors (Lipinski definition) is 1. The van der Waals surface area contributed by atoms with Gasteiger partial charge in [0.15, 0.2) is 5.96 Å². The van der Waals surface area contributed by atoms with Gasteiger partial charge in [-0.05, 0) is 13.0 Å². The van der Waals surface area contributed by atoms with E-state index in [2.05, 4.69) is 20.4 Å². The molecule has 2 aromatic rings. The Hall–Kier alpha value is -1.22. The molecule has 0 spiro atoms. The lowest BCUT2D eigenvalue weighted by Crippen LogP contribution is -2.38. The molecule has 0 atom stereocenters. The Morgan fingerprint density at radius 3 is 2.86 bits per heavy atom. The number of nitrogens with one attached hydrogen (secondary N) is 1. The van der Waals surface area contributed by atoms with E-state index >= 15 is 0 Å². The van der Waals surface area contributed by atoms with Gasteiger partial charge in [-0.15, -0.1) is 24.0 Å². The lowest BCUT2D eigenvalue weighted by Gasteiger charge is -2.22. The summed E-state index contributed by atoms with van der Waals surface area (Å²) in [6.45, 7) is 4.04. The van der Waals surface area contributed by atoms with Crippen molar-refractivity contribution in [3.63, 3.8) is 0 Å². The molecule has 1 N–H and O–H groups in total. The molecule has 0 saturated carbocycles. The zero-order chi connectivity index (χ0) is 15.2. The largest absolute Gasteiger partial charge is 0.364 e. The summed E-state index contributed by atoms with van der Waals surface area (Å²) in [5.74, 6) is 0.817. The van der Waals surface area contributed by atoms with Crippen LogP contribution < -0.4 is 5.32 Å². The molecule has 2 rings (SSSR count). The molecule has 0 fully saturated rings. The van der Waals surface area contributed by atoms with E-state index in [-0.39, 0.29) is 24.0 Å². The highest BCUT2D eigenvalue weighted by molar-refractivity contribution is 14.0. The minimum atomic E-state index is 0. The van der Waals surface area contributed by atoms with Gasteiger partial charge in [-0.2, -0.15) is 0 Å². The van der Waals surface area contributed by atoms with Crippen molar-refractivity contribution in [2.45, 2.75) is 20.0 Å². The summed E-state index contributed by atoms with van der Waals surface area (Å²) in [5.41, 5.74) is 1.93. The predicted molar refractivity (Wildman–Crippen MR) is 98.6 cm³/mol. The summed E-state index contributed by atoms with van der Waals surface area (Å²) in [5, 5.41) is 7.87. The second kappa shape index (κ2) is 9.04. The summed E-state index contributed by atoms with van der Waals surface area (Å²) < 4.78 is 6.82. The first-order valence-corrected chi connectivity index (χ1v) is 7.17. The normalized spacial score (nSPS) is 11.2. The van der Waals surface area contributed by atoms with Crippen LogP contribution in [-0.4, -0.2) is 34.2 Å². The van der Waals surface area contributed by atoms with Gasteiger partial charge in [-0.3, -0.25) is 0 Å². The molecule has 2 heterocycles. The third-order valence-electron chi connectivity index (χ3n) is 3.05. The fourth-order valence-electron chi connectivity index (χ4n) is 1.99. The first kappa shape index (κ1) is 18.8. The van der Waals surface area contributed by atoms with E-state index in [1.54, 1.807) is 6.26 Å². The van der Waals surface area contributed by atoms with E-state index in [9.17, 15) is 0 Å². The quantitative estimate of drug-likeness (QED) is 0.444. The summed E-state index contributed by atoms with van der Waals surface area (Å²) in [4.78, 5) is 6.61. The van der Waals surface area contributed by atoms with Crippen LogP contribution in [0.5, 0.6) is 0 Å². The molecule has 0 aliphatic rings. The number of rotatable bonds is 5. The SMILES string of the molecule is CCNC(=NCc1ccon1)N(C)Cc1cc(Cl)cn1C.I. The third kappa shape index (κ3) is 5.20. The van der Waals surface area contributed by atoms with Gasteiger partial charge in [-0.25, -0.2) is 4.99 Å². The van der Waals surface area contributed by atoms with Gasteiger partial charge in [0.05, 0.1) is 18.1 Å². The lowest BCUT2D eigenvalue weighted by atomic mass is 10.4. The molecule has 122 valence electrons. The number of hydrogen-bond acceptors (Lipinski definition) is 3. The van der Waals surface area contributed by atoms with Crippen molar-refractivity contribution >= 4 is 41.5 Å². The number of nitrogens with zero attached hydrogens (tertiary/aromatic N) is 4. The molecule has 0 radical (unpaired) electrons. The topological polar surface area (TPSA) is 58.6 Å². The summed E-state index contributed by atoms with van der Waals surface area (Å²) in [6, 6.07) is 3.77. The van der Waals surface area contributed by atoms with Gasteiger partial charge in [0, 0.05) is 38.6 Å². The van der Waals surface area contributed by atoms with Gasteiger partial charge in [0.25, 0.3) is 0 Å². The zero-order valence-electron chi connectivity index (χ0n) is 12.9. The maximum Gasteiger partial charge on any atom is 0.194 e. The molecule has 0 bridgehead atoms. The second-order valence-corrected chi connectivity index (χ2v) is 5.21. The maximum absolute atomic E-state index is 6.01. The summed E-state index contributed by atoms with van der Waals surface area (Å²) >= 11 is 6.01. The van der Waals surface area contributed by atoms with E-state index in [0.717, 1.165) is 28.9 Å². The lowest BCUT2D eigenvalue weighted by molar-refractivity contribution is 0.411. The predicted octanol–water partition coefficient (Wildman–Crippen LogP) is 2.88. The van der Waals surface area contributed by atoms with Crippen molar-refractivity contribution in [2.75, 3.05) is 13.6 Å². The molecular formula is C14H21ClIN5O. The van der Waals surface area contributed by atoms with Crippen molar-refractivity contribution in [1.29, 1.82) is 0 Å². The molecule has 22 heavy (non-hydrogen) atoms. The minimum absolute atomic E-state index is 0. The third-order valence-corrected chi connectivity index (χ3v) is 3.26. The molecule has 2 aromatic heterocycles. The fraction of sp³-hybridized carbons (Fsp3) is 0.429. The molecule has 0 unspecified atom stereocenters. The van der Waals surface area contributed by atoms with Gasteiger partial charge in [0.1, 0.15) is 12.0 Å². The van der Waals surface area contributed by atoms with Crippen LogP contribution in [0.2, 0.25) is 5.02 Å². The average molecular weight is 438 g/mol. The molecular weight excluding hydrogens is 417 g/mol. The van der Waals surface area contributed by atoms with Crippen LogP contribution in [0.4, 0.5) is 0 Å². The number of aliphatic imine (C=N–C) groups is 1. The van der Waals surface area contributed by atoms with E-state index in [0.29, 0.717) is 13.1 Å². The maximum atomic E-state index is 6.01. The van der Waals surface area contributed by atoms with Crippen molar-refractivity contribution in [1.82, 2.24) is 19.9 Å². The van der Waals surface area contributed by atoms with E-state index < -0.39 is 0 Å². The van der Waals surface area contributed by atoms with Crippen molar-refractivity contribution in [2.24, 2.45) is 12.0 Å². The highest BCUT2D eigenvalue weighted by Gasteiger charge is 2.10. The second-order valence-electron chi connectivity index (χ2n) is 4.78. The first-order chi connectivity index (χ1) is 10.1. The molecule has 0 amide bonds. The zero-order valence-corrected chi connectivity index (χ0v) is 16.0. The standard InChI is InChI=1S/C14H20ClN5O.HI/c1-4-16-14(17-8-12-5-6-21-18-12)20(3)10-13-7-11(15)9-19(13)2;/h5-7,9H,4,8,10H2,1-3H3,(H,16,17);1H. The fourth-order valence-corrected chi connectivity index (χ4v) is 2.26. The van der Waals surface area contributed by atoms with Gasteiger partial charge >= 0.3 is 0 Å². The van der Waals surface area contributed by atoms with Crippen LogP contribution in [0, 0.1) is 0 Å². The number of halogens is 2.